The second-order valence-corrected chi connectivity index (χ2v) is 9.09. The van der Waals surface area contributed by atoms with Crippen molar-refractivity contribution in [2.75, 3.05) is 22.6 Å². The molecule has 0 saturated carbocycles. The van der Waals surface area contributed by atoms with Gasteiger partial charge in [-0.2, -0.15) is 13.2 Å². The number of nitrogens with one attached hydrogen (secondary N) is 3. The van der Waals surface area contributed by atoms with Crippen LogP contribution in [0.3, 0.4) is 0 Å². The summed E-state index contributed by atoms with van der Waals surface area (Å²) in [7, 11) is 0. The van der Waals surface area contributed by atoms with Gasteiger partial charge >= 0.3 is 12.2 Å². The van der Waals surface area contributed by atoms with Gasteiger partial charge in [0.15, 0.2) is 17.6 Å². The third-order valence-corrected chi connectivity index (χ3v) is 5.99. The van der Waals surface area contributed by atoms with Crippen molar-refractivity contribution in [2.45, 2.75) is 13.1 Å². The smallest absolute Gasteiger partial charge is 0.422 e. The summed E-state index contributed by atoms with van der Waals surface area (Å²) in [5.41, 5.74) is 1.81. The molecule has 2 amide bonds. The number of anilines is 4. The molecule has 0 spiro atoms. The quantitative estimate of drug-likeness (QED) is 0.205. The minimum atomic E-state index is -4.49. The fraction of sp³-hybridized carbons (Fsp3) is 0.125. The molecule has 37 heavy (non-hydrogen) atoms. The average Bonchev–Trinajstić information content (AvgIpc) is 3.22. The lowest BCUT2D eigenvalue weighted by Crippen LogP contribution is -2.20. The Balaban J connectivity index is 1.61. The van der Waals surface area contributed by atoms with Gasteiger partial charge in [-0.1, -0.05) is 22.9 Å². The van der Waals surface area contributed by atoms with E-state index in [1.807, 2.05) is 0 Å². The van der Waals surface area contributed by atoms with Crippen LogP contribution in [0.2, 0.25) is 5.02 Å². The largest absolute Gasteiger partial charge is 0.482 e. The van der Waals surface area contributed by atoms with Crippen molar-refractivity contribution in [3.8, 4) is 16.3 Å². The van der Waals surface area contributed by atoms with E-state index in [9.17, 15) is 22.4 Å². The van der Waals surface area contributed by atoms with Crippen molar-refractivity contribution in [3.63, 3.8) is 0 Å². The SMILES string of the molecule is Cc1cc(-c2sc(Nc3ccc(Cl)cc3)nc2NC(=O)Nc2ccc(F)cc2)ncc1OCC(F)(F)F. The van der Waals surface area contributed by atoms with Crippen molar-refractivity contribution in [1.29, 1.82) is 0 Å². The number of ether oxygens (including phenoxy) is 1. The highest BCUT2D eigenvalue weighted by atomic mass is 35.5. The van der Waals surface area contributed by atoms with Crippen LogP contribution in [0.5, 0.6) is 5.75 Å². The van der Waals surface area contributed by atoms with Crippen molar-refractivity contribution in [1.82, 2.24) is 9.97 Å². The average molecular weight is 552 g/mol. The molecule has 0 aliphatic heterocycles. The maximum atomic E-state index is 13.2. The number of aryl methyl sites for hydroxylation is 1. The molecule has 0 aliphatic carbocycles. The minimum absolute atomic E-state index is 0.0198. The van der Waals surface area contributed by atoms with Crippen LogP contribution in [0, 0.1) is 12.7 Å². The third kappa shape index (κ3) is 7.30. The predicted octanol–water partition coefficient (Wildman–Crippen LogP) is 7.63. The molecule has 192 valence electrons. The number of urea groups is 1. The standard InChI is InChI=1S/C24H18ClF4N5O2S/c1-13-10-18(30-11-19(13)36-12-24(27,28)29)20-21(33-22(35)31-16-8-4-15(26)5-9-16)34-23(37-20)32-17-6-2-14(25)3-7-17/h2-11H,12H2,1H3,(H,32,34)(H2,31,33,35). The molecule has 0 atom stereocenters. The molecule has 3 N–H and O–H groups in total. The maximum Gasteiger partial charge on any atom is 0.422 e. The molecule has 7 nitrogen and oxygen atoms in total. The normalized spacial score (nSPS) is 11.2. The zero-order valence-corrected chi connectivity index (χ0v) is 20.6. The predicted molar refractivity (Wildman–Crippen MR) is 135 cm³/mol. The van der Waals surface area contributed by atoms with Crippen molar-refractivity contribution in [2.24, 2.45) is 0 Å². The number of carbonyl (C=O) groups is 1. The molecule has 4 rings (SSSR count). The number of rotatable bonds is 7. The van der Waals surface area contributed by atoms with Gasteiger partial charge in [-0.3, -0.25) is 10.3 Å². The number of pyridine rings is 1. The lowest BCUT2D eigenvalue weighted by atomic mass is 10.2. The van der Waals surface area contributed by atoms with E-state index in [4.69, 9.17) is 16.3 Å². The number of aromatic nitrogens is 2. The molecule has 13 heteroatoms. The van der Waals surface area contributed by atoms with Crippen molar-refractivity contribution in [3.05, 3.63) is 77.2 Å². The van der Waals surface area contributed by atoms with Crippen LogP contribution in [0.1, 0.15) is 5.56 Å². The highest BCUT2D eigenvalue weighted by molar-refractivity contribution is 7.19. The summed E-state index contributed by atoms with van der Waals surface area (Å²) in [4.78, 5) is 21.7. The van der Waals surface area contributed by atoms with E-state index < -0.39 is 24.6 Å². The van der Waals surface area contributed by atoms with Gasteiger partial charge < -0.3 is 15.4 Å². The first-order valence-electron chi connectivity index (χ1n) is 10.6. The highest BCUT2D eigenvalue weighted by Gasteiger charge is 2.29. The molecule has 0 saturated heterocycles. The van der Waals surface area contributed by atoms with Crippen molar-refractivity contribution >= 4 is 51.3 Å². The summed E-state index contributed by atoms with van der Waals surface area (Å²) in [5, 5.41) is 9.29. The van der Waals surface area contributed by atoms with Crippen LogP contribution >= 0.6 is 22.9 Å². The van der Waals surface area contributed by atoms with Gasteiger partial charge in [0, 0.05) is 16.4 Å². The third-order valence-electron chi connectivity index (χ3n) is 4.74. The summed E-state index contributed by atoms with van der Waals surface area (Å²) in [6, 6.07) is 13.0. The van der Waals surface area contributed by atoms with E-state index in [0.29, 0.717) is 37.7 Å². The number of nitrogens with zero attached hydrogens (tertiary/aromatic N) is 2. The Hall–Kier alpha value is -3.90. The molecule has 4 aromatic rings. The summed E-state index contributed by atoms with van der Waals surface area (Å²) >= 11 is 7.10. The van der Waals surface area contributed by atoms with Gasteiger partial charge in [-0.05, 0) is 67.1 Å². The van der Waals surface area contributed by atoms with E-state index >= 15 is 0 Å². The van der Waals surface area contributed by atoms with Gasteiger partial charge in [-0.15, -0.1) is 0 Å². The Kier molecular flexibility index (Phi) is 7.79. The van der Waals surface area contributed by atoms with E-state index in [2.05, 4.69) is 25.9 Å². The molecule has 0 bridgehead atoms. The second-order valence-electron chi connectivity index (χ2n) is 7.65. The maximum absolute atomic E-state index is 13.2. The Bertz CT molecular complexity index is 1400. The molecule has 2 heterocycles. The second kappa shape index (κ2) is 11.0. The molecular formula is C24H18ClF4N5O2S. The van der Waals surface area contributed by atoms with E-state index in [0.717, 1.165) is 11.3 Å². The molecule has 2 aromatic carbocycles. The van der Waals surface area contributed by atoms with Gasteiger partial charge in [-0.25, -0.2) is 14.2 Å². The van der Waals surface area contributed by atoms with Crippen LogP contribution in [-0.2, 0) is 0 Å². The molecule has 0 radical (unpaired) electrons. The van der Waals surface area contributed by atoms with E-state index in [1.165, 1.54) is 36.5 Å². The Labute approximate surface area is 217 Å². The zero-order valence-electron chi connectivity index (χ0n) is 19.0. The molecule has 0 aliphatic rings. The number of amides is 2. The highest BCUT2D eigenvalue weighted by Crippen LogP contribution is 2.38. The van der Waals surface area contributed by atoms with Crippen LogP contribution in [-0.4, -0.2) is 28.8 Å². The monoisotopic (exact) mass is 551 g/mol. The van der Waals surface area contributed by atoms with Crippen molar-refractivity contribution < 1.29 is 27.1 Å². The first kappa shape index (κ1) is 26.2. The first-order chi connectivity index (χ1) is 17.6. The van der Waals surface area contributed by atoms with Crippen LogP contribution in [0.4, 0.5) is 44.7 Å². The lowest BCUT2D eigenvalue weighted by molar-refractivity contribution is -0.153. The van der Waals surface area contributed by atoms with Crippen LogP contribution in [0.15, 0.2) is 60.8 Å². The number of hydrogen-bond donors (Lipinski definition) is 3. The number of benzene rings is 2. The number of carbonyl (C=O) groups excluding carboxylic acids is 1. The van der Waals surface area contributed by atoms with Gasteiger partial charge in [0.25, 0.3) is 0 Å². The first-order valence-corrected chi connectivity index (χ1v) is 11.8. The van der Waals surface area contributed by atoms with Gasteiger partial charge in [0.2, 0.25) is 0 Å². The topological polar surface area (TPSA) is 88.2 Å². The zero-order chi connectivity index (χ0) is 26.6. The van der Waals surface area contributed by atoms with E-state index in [1.54, 1.807) is 31.2 Å². The van der Waals surface area contributed by atoms with Crippen LogP contribution in [0.25, 0.3) is 10.6 Å². The number of halogens is 5. The fourth-order valence-electron chi connectivity index (χ4n) is 3.07. The van der Waals surface area contributed by atoms with E-state index in [-0.39, 0.29) is 11.6 Å². The number of thiazole rings is 1. The summed E-state index contributed by atoms with van der Waals surface area (Å²) < 4.78 is 55.6. The van der Waals surface area contributed by atoms with Gasteiger partial charge in [0.05, 0.1) is 16.8 Å². The molecule has 0 unspecified atom stereocenters. The number of alkyl halides is 3. The Morgan fingerprint density at radius 2 is 1.73 bits per heavy atom. The summed E-state index contributed by atoms with van der Waals surface area (Å²) in [6.07, 6.45) is -3.30. The Morgan fingerprint density at radius 1 is 1.05 bits per heavy atom. The lowest BCUT2D eigenvalue weighted by Gasteiger charge is -2.12. The van der Waals surface area contributed by atoms with Crippen LogP contribution < -0.4 is 20.7 Å². The minimum Gasteiger partial charge on any atom is -0.482 e. The summed E-state index contributed by atoms with van der Waals surface area (Å²) in [5.74, 6) is -0.319. The molecule has 0 fully saturated rings. The molecule has 2 aromatic heterocycles. The fourth-order valence-corrected chi connectivity index (χ4v) is 4.10. The summed E-state index contributed by atoms with van der Waals surface area (Å²) in [6.45, 7) is 0.139. The number of hydrogen-bond acceptors (Lipinski definition) is 6. The molecular weight excluding hydrogens is 534 g/mol. The van der Waals surface area contributed by atoms with Gasteiger partial charge in [0.1, 0.15) is 11.6 Å². The Morgan fingerprint density at radius 3 is 2.38 bits per heavy atom.